The van der Waals surface area contributed by atoms with Crippen LogP contribution in [0.4, 0.5) is 0 Å². The summed E-state index contributed by atoms with van der Waals surface area (Å²) in [5.41, 5.74) is -0.742. The Morgan fingerprint density at radius 1 is 1.36 bits per heavy atom. The van der Waals surface area contributed by atoms with Gasteiger partial charge in [-0.2, -0.15) is 0 Å². The predicted molar refractivity (Wildman–Crippen MR) is 99.0 cm³/mol. The van der Waals surface area contributed by atoms with Gasteiger partial charge < -0.3 is 24.4 Å². The number of hydrogen-bond donors (Lipinski definition) is 3. The van der Waals surface area contributed by atoms with Crippen molar-refractivity contribution in [2.45, 2.75) is 43.6 Å². The second-order valence-corrected chi connectivity index (χ2v) is 7.78. The van der Waals surface area contributed by atoms with Crippen LogP contribution in [-0.4, -0.2) is 54.5 Å². The highest BCUT2D eigenvalue weighted by atomic mass is 16.4. The molecule has 9 heteroatoms. The molecule has 0 radical (unpaired) electrons. The van der Waals surface area contributed by atoms with Crippen molar-refractivity contribution >= 4 is 16.9 Å². The second-order valence-electron chi connectivity index (χ2n) is 7.78. The van der Waals surface area contributed by atoms with Crippen molar-refractivity contribution in [1.82, 2.24) is 24.8 Å². The Balaban J connectivity index is 1.25. The molecule has 3 aromatic rings. The van der Waals surface area contributed by atoms with Gasteiger partial charge in [0.2, 0.25) is 5.76 Å². The third-order valence-corrected chi connectivity index (χ3v) is 5.61. The molecule has 0 aromatic carbocycles. The van der Waals surface area contributed by atoms with Crippen LogP contribution in [0.2, 0.25) is 0 Å². The summed E-state index contributed by atoms with van der Waals surface area (Å²) < 4.78 is 5.60. The summed E-state index contributed by atoms with van der Waals surface area (Å²) in [7, 11) is 0. The maximum atomic E-state index is 12.6. The van der Waals surface area contributed by atoms with Gasteiger partial charge in [-0.3, -0.25) is 9.59 Å². The standard InChI is InChI=1S/C19H21N5O4/c25-16-12-3-6-20-15(12)22-14(23-16)9-19(27)4-7-24(8-5-19)18(26)13-10-21-17(28-13)11-1-2-11/h3,6,10-11,27H,1-2,4-5,7-9H2,(H2,20,22,23,25). The first-order valence-corrected chi connectivity index (χ1v) is 9.54. The molecule has 9 nitrogen and oxygen atoms in total. The summed E-state index contributed by atoms with van der Waals surface area (Å²) in [4.78, 5) is 40.6. The van der Waals surface area contributed by atoms with Gasteiger partial charge in [0, 0.05) is 31.6 Å². The third kappa shape index (κ3) is 3.11. The number of aromatic amines is 2. The summed E-state index contributed by atoms with van der Waals surface area (Å²) in [5.74, 6) is 1.51. The summed E-state index contributed by atoms with van der Waals surface area (Å²) in [6.07, 6.45) is 6.31. The molecule has 1 amide bonds. The number of carbonyl (C=O) groups is 1. The van der Waals surface area contributed by atoms with Crippen LogP contribution in [0.1, 0.15) is 53.9 Å². The van der Waals surface area contributed by atoms with E-state index in [1.807, 2.05) is 0 Å². The average Bonchev–Trinajstić information content (AvgIpc) is 3.20. The molecule has 2 aliphatic rings. The minimum absolute atomic E-state index is 0.194. The smallest absolute Gasteiger partial charge is 0.291 e. The molecule has 2 fully saturated rings. The van der Waals surface area contributed by atoms with Gasteiger partial charge in [0.1, 0.15) is 11.5 Å². The van der Waals surface area contributed by atoms with Gasteiger partial charge in [0.15, 0.2) is 5.89 Å². The zero-order valence-electron chi connectivity index (χ0n) is 15.3. The molecule has 28 heavy (non-hydrogen) atoms. The topological polar surface area (TPSA) is 128 Å². The molecule has 4 heterocycles. The van der Waals surface area contributed by atoms with Gasteiger partial charge in [-0.25, -0.2) is 9.97 Å². The number of hydrogen-bond acceptors (Lipinski definition) is 6. The molecule has 3 aromatic heterocycles. The first-order valence-electron chi connectivity index (χ1n) is 9.54. The molecule has 0 atom stereocenters. The highest BCUT2D eigenvalue weighted by molar-refractivity contribution is 5.91. The average molecular weight is 383 g/mol. The number of piperidine rings is 1. The van der Waals surface area contributed by atoms with Crippen molar-refractivity contribution in [2.75, 3.05) is 13.1 Å². The Bertz CT molecular complexity index is 1090. The summed E-state index contributed by atoms with van der Waals surface area (Å²) >= 11 is 0. The second kappa shape index (κ2) is 6.30. The van der Waals surface area contributed by atoms with Crippen LogP contribution in [0.25, 0.3) is 11.0 Å². The third-order valence-electron chi connectivity index (χ3n) is 5.61. The monoisotopic (exact) mass is 383 g/mol. The molecule has 1 aliphatic heterocycles. The van der Waals surface area contributed by atoms with Crippen molar-refractivity contribution in [3.8, 4) is 0 Å². The molecule has 146 valence electrons. The van der Waals surface area contributed by atoms with E-state index in [1.165, 1.54) is 6.20 Å². The Morgan fingerprint density at radius 3 is 2.89 bits per heavy atom. The summed E-state index contributed by atoms with van der Waals surface area (Å²) in [6.45, 7) is 0.813. The van der Waals surface area contributed by atoms with Gasteiger partial charge in [0.25, 0.3) is 11.5 Å². The lowest BCUT2D eigenvalue weighted by Gasteiger charge is -2.37. The number of amides is 1. The van der Waals surface area contributed by atoms with E-state index >= 15 is 0 Å². The van der Waals surface area contributed by atoms with Crippen LogP contribution in [0.3, 0.4) is 0 Å². The highest BCUT2D eigenvalue weighted by Gasteiger charge is 2.36. The van der Waals surface area contributed by atoms with Gasteiger partial charge in [-0.1, -0.05) is 0 Å². The normalized spacial score (nSPS) is 19.2. The molecule has 0 bridgehead atoms. The van der Waals surface area contributed by atoms with E-state index in [9.17, 15) is 14.7 Å². The molecular formula is C19H21N5O4. The number of nitrogens with one attached hydrogen (secondary N) is 2. The first-order chi connectivity index (χ1) is 13.5. The molecule has 1 aliphatic carbocycles. The molecule has 0 unspecified atom stereocenters. The molecule has 1 saturated heterocycles. The number of oxazole rings is 1. The fourth-order valence-corrected chi connectivity index (χ4v) is 3.76. The maximum absolute atomic E-state index is 12.6. The predicted octanol–water partition coefficient (Wildman–Crippen LogP) is 1.33. The number of rotatable bonds is 4. The number of fused-ring (bicyclic) bond motifs is 1. The van der Waals surface area contributed by atoms with Crippen LogP contribution in [0.15, 0.2) is 27.7 Å². The molecule has 0 spiro atoms. The van der Waals surface area contributed by atoms with Crippen LogP contribution in [-0.2, 0) is 6.42 Å². The van der Waals surface area contributed by atoms with Crippen LogP contribution in [0, 0.1) is 0 Å². The Hall–Kier alpha value is -2.94. The van der Waals surface area contributed by atoms with Gasteiger partial charge in [-0.15, -0.1) is 0 Å². The lowest BCUT2D eigenvalue weighted by atomic mass is 9.88. The number of H-pyrrole nitrogens is 2. The zero-order chi connectivity index (χ0) is 19.3. The van der Waals surface area contributed by atoms with Crippen LogP contribution in [0.5, 0.6) is 0 Å². The maximum Gasteiger partial charge on any atom is 0.291 e. The van der Waals surface area contributed by atoms with Crippen LogP contribution >= 0.6 is 0 Å². The van der Waals surface area contributed by atoms with Crippen molar-refractivity contribution in [1.29, 1.82) is 0 Å². The highest BCUT2D eigenvalue weighted by Crippen LogP contribution is 2.39. The Labute approximate surface area is 159 Å². The lowest BCUT2D eigenvalue weighted by Crippen LogP contribution is -2.48. The fraction of sp³-hybridized carbons (Fsp3) is 0.474. The van der Waals surface area contributed by atoms with E-state index in [2.05, 4.69) is 19.9 Å². The minimum Gasteiger partial charge on any atom is -0.435 e. The number of likely N-dealkylation sites (tertiary alicyclic amines) is 1. The lowest BCUT2D eigenvalue weighted by molar-refractivity contribution is -0.0182. The van der Waals surface area contributed by atoms with E-state index in [-0.39, 0.29) is 23.6 Å². The van der Waals surface area contributed by atoms with Gasteiger partial charge in [-0.05, 0) is 31.7 Å². The first kappa shape index (κ1) is 17.2. The van der Waals surface area contributed by atoms with Crippen molar-refractivity contribution in [3.63, 3.8) is 0 Å². The van der Waals surface area contributed by atoms with E-state index in [0.29, 0.717) is 54.6 Å². The van der Waals surface area contributed by atoms with Gasteiger partial charge >= 0.3 is 0 Å². The van der Waals surface area contributed by atoms with E-state index < -0.39 is 5.60 Å². The van der Waals surface area contributed by atoms with Crippen LogP contribution < -0.4 is 5.56 Å². The number of aliphatic hydroxyl groups is 1. The van der Waals surface area contributed by atoms with Crippen molar-refractivity contribution in [2.24, 2.45) is 0 Å². The number of aromatic nitrogens is 4. The van der Waals surface area contributed by atoms with E-state index in [0.717, 1.165) is 12.8 Å². The SMILES string of the molecule is O=C(c1cnc(C2CC2)o1)N1CCC(O)(Cc2nc3[nH]ccc3c(=O)[nH]2)CC1. The summed E-state index contributed by atoms with van der Waals surface area (Å²) in [5, 5.41) is 11.4. The molecule has 5 rings (SSSR count). The van der Waals surface area contributed by atoms with Crippen molar-refractivity contribution < 1.29 is 14.3 Å². The van der Waals surface area contributed by atoms with E-state index in [1.54, 1.807) is 17.2 Å². The largest absolute Gasteiger partial charge is 0.435 e. The number of nitrogens with zero attached hydrogens (tertiary/aromatic N) is 3. The summed E-state index contributed by atoms with van der Waals surface area (Å²) in [6, 6.07) is 1.67. The quantitative estimate of drug-likeness (QED) is 0.623. The minimum atomic E-state index is -1.02. The van der Waals surface area contributed by atoms with Crippen molar-refractivity contribution in [3.05, 3.63) is 46.3 Å². The molecular weight excluding hydrogens is 362 g/mol. The molecule has 3 N–H and O–H groups in total. The fourth-order valence-electron chi connectivity index (χ4n) is 3.76. The Morgan fingerprint density at radius 2 is 2.14 bits per heavy atom. The number of carbonyl (C=O) groups excluding carboxylic acids is 1. The van der Waals surface area contributed by atoms with Gasteiger partial charge in [0.05, 0.1) is 17.2 Å². The Kier molecular flexibility index (Phi) is 3.87. The van der Waals surface area contributed by atoms with E-state index in [4.69, 9.17) is 4.42 Å². The molecule has 1 saturated carbocycles. The zero-order valence-corrected chi connectivity index (χ0v) is 15.3.